The minimum absolute atomic E-state index is 0.0649. The Bertz CT molecular complexity index is 1610. The molecule has 1 N–H and O–H groups in total. The molecule has 0 saturated heterocycles. The lowest BCUT2D eigenvalue weighted by atomic mass is 10.1. The van der Waals surface area contributed by atoms with Crippen LogP contribution < -0.4 is 9.73 Å². The summed E-state index contributed by atoms with van der Waals surface area (Å²) in [5, 5.41) is 4.47. The molecule has 0 unspecified atom stereocenters. The zero-order valence-corrected chi connectivity index (χ0v) is 23.2. The second kappa shape index (κ2) is 11.2. The molecule has 0 spiro atoms. The molecule has 7 nitrogen and oxygen atoms in total. The van der Waals surface area contributed by atoms with Crippen molar-refractivity contribution in [2.75, 3.05) is 10.8 Å². The predicted octanol–water partition coefficient (Wildman–Crippen LogP) is 5.71. The van der Waals surface area contributed by atoms with Crippen LogP contribution >= 0.6 is 11.6 Å². The predicted molar refractivity (Wildman–Crippen MR) is 153 cm³/mol. The minimum Gasteiger partial charge on any atom is -0.318 e. The number of benzene rings is 3. The lowest BCUT2D eigenvalue weighted by molar-refractivity contribution is -0.119. The molecule has 4 rings (SSSR count). The third-order valence-electron chi connectivity index (χ3n) is 6.33. The molecule has 0 saturated carbocycles. The maximum absolute atomic E-state index is 13.4. The van der Waals surface area contributed by atoms with Gasteiger partial charge in [0.25, 0.3) is 15.9 Å². The fourth-order valence-corrected chi connectivity index (χ4v) is 5.80. The molecule has 1 aromatic heterocycles. The van der Waals surface area contributed by atoms with Crippen molar-refractivity contribution >= 4 is 39.4 Å². The summed E-state index contributed by atoms with van der Waals surface area (Å²) in [5.74, 6) is -0.594. The maximum atomic E-state index is 13.4. The van der Waals surface area contributed by atoms with Gasteiger partial charge in [-0.15, -0.1) is 0 Å². The SMILES string of the molecule is Cc1ccc(-n2c(C)cc(/C=N\NC(=O)CN(c3cccc(Cl)c3)S(=O)(=O)c3ccccc3)c2C)cc1C. The van der Waals surface area contributed by atoms with Crippen molar-refractivity contribution in [3.8, 4) is 5.69 Å². The molecule has 0 aliphatic heterocycles. The van der Waals surface area contributed by atoms with Gasteiger partial charge in [-0.05, 0) is 87.4 Å². The second-order valence-corrected chi connectivity index (χ2v) is 11.3. The number of sulfonamides is 1. The van der Waals surface area contributed by atoms with E-state index in [0.29, 0.717) is 5.02 Å². The van der Waals surface area contributed by atoms with Crippen LogP contribution in [0, 0.1) is 27.7 Å². The highest BCUT2D eigenvalue weighted by Crippen LogP contribution is 2.26. The Kier molecular flexibility index (Phi) is 8.04. The first-order valence-corrected chi connectivity index (χ1v) is 13.8. The summed E-state index contributed by atoms with van der Waals surface area (Å²) in [4.78, 5) is 12.9. The molecule has 3 aromatic carbocycles. The first-order chi connectivity index (χ1) is 18.1. The van der Waals surface area contributed by atoms with Crippen LogP contribution in [0.15, 0.2) is 88.9 Å². The molecule has 1 heterocycles. The van der Waals surface area contributed by atoms with E-state index in [2.05, 4.69) is 47.1 Å². The van der Waals surface area contributed by atoms with Gasteiger partial charge in [0.1, 0.15) is 6.54 Å². The van der Waals surface area contributed by atoms with Crippen LogP contribution in [0.4, 0.5) is 5.69 Å². The van der Waals surface area contributed by atoms with Crippen LogP contribution in [0.1, 0.15) is 28.1 Å². The quantitative estimate of drug-likeness (QED) is 0.226. The van der Waals surface area contributed by atoms with E-state index in [1.165, 1.54) is 29.3 Å². The molecule has 0 aliphatic carbocycles. The molecule has 4 aromatic rings. The van der Waals surface area contributed by atoms with Gasteiger partial charge in [-0.2, -0.15) is 5.10 Å². The van der Waals surface area contributed by atoms with Crippen molar-refractivity contribution in [3.63, 3.8) is 0 Å². The monoisotopic (exact) mass is 548 g/mol. The van der Waals surface area contributed by atoms with E-state index in [9.17, 15) is 13.2 Å². The van der Waals surface area contributed by atoms with Gasteiger partial charge in [0, 0.05) is 27.7 Å². The van der Waals surface area contributed by atoms with Crippen molar-refractivity contribution in [2.45, 2.75) is 32.6 Å². The van der Waals surface area contributed by atoms with E-state index in [1.807, 2.05) is 19.9 Å². The van der Waals surface area contributed by atoms with Gasteiger partial charge < -0.3 is 4.57 Å². The van der Waals surface area contributed by atoms with Crippen molar-refractivity contribution in [1.82, 2.24) is 9.99 Å². The second-order valence-electron chi connectivity index (χ2n) is 9.03. The van der Waals surface area contributed by atoms with Crippen molar-refractivity contribution in [3.05, 3.63) is 112 Å². The fraction of sp³-hybridized carbons (Fsp3) is 0.172. The highest BCUT2D eigenvalue weighted by molar-refractivity contribution is 7.92. The van der Waals surface area contributed by atoms with E-state index in [4.69, 9.17) is 11.6 Å². The number of hydrazone groups is 1. The Balaban J connectivity index is 1.55. The number of anilines is 1. The third-order valence-corrected chi connectivity index (χ3v) is 8.35. The molecule has 0 radical (unpaired) electrons. The highest BCUT2D eigenvalue weighted by atomic mass is 35.5. The number of halogens is 1. The fourth-order valence-electron chi connectivity index (χ4n) is 4.19. The standard InChI is InChI=1S/C29H29ClN4O3S/c1-20-13-14-27(15-21(20)2)34-22(3)16-24(23(34)4)18-31-32-29(35)19-33(26-10-8-9-25(30)17-26)38(36,37)28-11-6-5-7-12-28/h5-18H,19H2,1-4H3,(H,32,35)/b31-18-. The Morgan fingerprint density at radius 3 is 2.37 bits per heavy atom. The zero-order chi connectivity index (χ0) is 27.4. The molecule has 9 heteroatoms. The van der Waals surface area contributed by atoms with E-state index in [0.717, 1.165) is 26.9 Å². The Morgan fingerprint density at radius 1 is 0.947 bits per heavy atom. The van der Waals surface area contributed by atoms with Crippen LogP contribution in [-0.4, -0.2) is 31.7 Å². The largest absolute Gasteiger partial charge is 0.318 e. The topological polar surface area (TPSA) is 83.8 Å². The summed E-state index contributed by atoms with van der Waals surface area (Å²) in [6.45, 7) is 7.67. The summed E-state index contributed by atoms with van der Waals surface area (Å²) in [6.07, 6.45) is 1.56. The van der Waals surface area contributed by atoms with E-state index in [-0.39, 0.29) is 10.6 Å². The van der Waals surface area contributed by atoms with Gasteiger partial charge in [-0.3, -0.25) is 9.10 Å². The van der Waals surface area contributed by atoms with Gasteiger partial charge >= 0.3 is 0 Å². The lowest BCUT2D eigenvalue weighted by Crippen LogP contribution is -2.39. The maximum Gasteiger partial charge on any atom is 0.264 e. The van der Waals surface area contributed by atoms with Crippen molar-refractivity contribution < 1.29 is 13.2 Å². The molecule has 38 heavy (non-hydrogen) atoms. The molecular formula is C29H29ClN4O3S. The number of nitrogens with one attached hydrogen (secondary N) is 1. The zero-order valence-electron chi connectivity index (χ0n) is 21.6. The van der Waals surface area contributed by atoms with Crippen LogP contribution in [0.3, 0.4) is 0 Å². The number of aromatic nitrogens is 1. The number of hydrogen-bond acceptors (Lipinski definition) is 4. The van der Waals surface area contributed by atoms with Gasteiger partial charge in [0.05, 0.1) is 16.8 Å². The minimum atomic E-state index is -4.03. The summed E-state index contributed by atoms with van der Waals surface area (Å²) >= 11 is 6.12. The van der Waals surface area contributed by atoms with Crippen molar-refractivity contribution in [1.29, 1.82) is 0 Å². The number of carbonyl (C=O) groups is 1. The molecule has 0 bridgehead atoms. The average Bonchev–Trinajstić information content (AvgIpc) is 3.17. The van der Waals surface area contributed by atoms with Crippen LogP contribution in [-0.2, 0) is 14.8 Å². The van der Waals surface area contributed by atoms with E-state index < -0.39 is 22.5 Å². The number of hydrogen-bond donors (Lipinski definition) is 1. The number of aryl methyl sites for hydroxylation is 3. The summed E-state index contributed by atoms with van der Waals surface area (Å²) < 4.78 is 29.9. The smallest absolute Gasteiger partial charge is 0.264 e. The highest BCUT2D eigenvalue weighted by Gasteiger charge is 2.27. The van der Waals surface area contributed by atoms with Crippen LogP contribution in [0.25, 0.3) is 5.69 Å². The van der Waals surface area contributed by atoms with Gasteiger partial charge in [0.15, 0.2) is 0 Å². The number of amides is 1. The first-order valence-electron chi connectivity index (χ1n) is 12.0. The van der Waals surface area contributed by atoms with Crippen LogP contribution in [0.5, 0.6) is 0 Å². The molecule has 0 atom stereocenters. The first kappa shape index (κ1) is 27.2. The van der Waals surface area contributed by atoms with Gasteiger partial charge in [-0.25, -0.2) is 13.8 Å². The third kappa shape index (κ3) is 5.82. The Labute approximate surface area is 228 Å². The van der Waals surface area contributed by atoms with Crippen molar-refractivity contribution in [2.24, 2.45) is 5.10 Å². The van der Waals surface area contributed by atoms with Gasteiger partial charge in [-0.1, -0.05) is 41.9 Å². The van der Waals surface area contributed by atoms with E-state index in [1.54, 1.807) is 42.6 Å². The molecular weight excluding hydrogens is 520 g/mol. The van der Waals surface area contributed by atoms with Gasteiger partial charge in [0.2, 0.25) is 0 Å². The Morgan fingerprint density at radius 2 is 1.68 bits per heavy atom. The summed E-state index contributed by atoms with van der Waals surface area (Å²) in [6, 6.07) is 22.6. The number of carbonyl (C=O) groups excluding carboxylic acids is 1. The summed E-state index contributed by atoms with van der Waals surface area (Å²) in [7, 11) is -4.03. The molecule has 196 valence electrons. The molecule has 0 aliphatic rings. The summed E-state index contributed by atoms with van der Waals surface area (Å²) in [5.41, 5.74) is 9.05. The molecule has 1 amide bonds. The number of rotatable bonds is 8. The number of nitrogens with zero attached hydrogens (tertiary/aromatic N) is 3. The van der Waals surface area contributed by atoms with E-state index >= 15 is 0 Å². The molecule has 0 fully saturated rings. The Hall–Kier alpha value is -3.88. The average molecular weight is 549 g/mol. The normalized spacial score (nSPS) is 11.6. The van der Waals surface area contributed by atoms with Crippen LogP contribution in [0.2, 0.25) is 5.02 Å². The lowest BCUT2D eigenvalue weighted by Gasteiger charge is -2.23.